The summed E-state index contributed by atoms with van der Waals surface area (Å²) < 4.78 is 5.63. The van der Waals surface area contributed by atoms with Crippen LogP contribution in [0.2, 0.25) is 5.02 Å². The summed E-state index contributed by atoms with van der Waals surface area (Å²) >= 11 is 7.47. The van der Waals surface area contributed by atoms with Gasteiger partial charge in [-0.2, -0.15) is 0 Å². The van der Waals surface area contributed by atoms with Crippen LogP contribution in [0.15, 0.2) is 47.4 Å². The molecule has 6 heteroatoms. The highest BCUT2D eigenvalue weighted by molar-refractivity contribution is 8.04. The maximum absolute atomic E-state index is 13.4. The molecule has 152 valence electrons. The molecular weight excluding hydrogens is 406 g/mol. The number of thioether (sulfide) groups is 1. The van der Waals surface area contributed by atoms with Crippen LogP contribution >= 0.6 is 23.4 Å². The molecule has 0 aliphatic carbocycles. The highest BCUT2D eigenvalue weighted by Crippen LogP contribution is 2.41. The predicted molar refractivity (Wildman–Crippen MR) is 121 cm³/mol. The van der Waals surface area contributed by atoms with E-state index in [0.717, 1.165) is 17.7 Å². The standard InChI is InChI=1S/C23H24ClNO3S/c1-5-12-28-18-9-6-16(7-10-18)20-21(29-14(2)3)23(27)25(22(20)26)19-11-8-17(24)13-15(19)4/h6-11,13-14H,5,12H2,1-4H3. The van der Waals surface area contributed by atoms with Gasteiger partial charge in [-0.05, 0) is 54.8 Å². The van der Waals surface area contributed by atoms with Crippen LogP contribution in [0.3, 0.4) is 0 Å². The van der Waals surface area contributed by atoms with Gasteiger partial charge in [0.25, 0.3) is 11.8 Å². The van der Waals surface area contributed by atoms with Crippen LogP contribution in [0.1, 0.15) is 38.3 Å². The largest absolute Gasteiger partial charge is 0.494 e. The normalized spacial score (nSPS) is 14.3. The first-order chi connectivity index (χ1) is 13.8. The lowest BCUT2D eigenvalue weighted by atomic mass is 10.1. The third kappa shape index (κ3) is 4.51. The van der Waals surface area contributed by atoms with E-state index >= 15 is 0 Å². The van der Waals surface area contributed by atoms with E-state index in [4.69, 9.17) is 16.3 Å². The maximum atomic E-state index is 13.4. The van der Waals surface area contributed by atoms with Crippen molar-refractivity contribution in [3.63, 3.8) is 0 Å². The van der Waals surface area contributed by atoms with Crippen molar-refractivity contribution in [1.29, 1.82) is 0 Å². The Morgan fingerprint density at radius 1 is 1.07 bits per heavy atom. The number of rotatable bonds is 7. The van der Waals surface area contributed by atoms with E-state index in [1.54, 1.807) is 18.2 Å². The van der Waals surface area contributed by atoms with E-state index in [0.29, 0.717) is 33.4 Å². The van der Waals surface area contributed by atoms with Gasteiger partial charge in [0.05, 0.1) is 22.8 Å². The molecule has 1 heterocycles. The molecule has 0 saturated heterocycles. The number of anilines is 1. The molecular formula is C23H24ClNO3S. The zero-order valence-electron chi connectivity index (χ0n) is 17.0. The van der Waals surface area contributed by atoms with Gasteiger partial charge in [0.1, 0.15) is 5.75 Å². The molecule has 4 nitrogen and oxygen atoms in total. The lowest BCUT2D eigenvalue weighted by Crippen LogP contribution is -2.32. The fourth-order valence-corrected chi connectivity index (χ4v) is 4.35. The number of nitrogens with zero attached hydrogens (tertiary/aromatic N) is 1. The van der Waals surface area contributed by atoms with Crippen molar-refractivity contribution in [3.8, 4) is 5.75 Å². The van der Waals surface area contributed by atoms with Gasteiger partial charge in [0.15, 0.2) is 0 Å². The molecule has 0 atom stereocenters. The third-order valence-electron chi connectivity index (χ3n) is 4.41. The van der Waals surface area contributed by atoms with E-state index in [1.165, 1.54) is 16.7 Å². The van der Waals surface area contributed by atoms with E-state index in [-0.39, 0.29) is 17.1 Å². The van der Waals surface area contributed by atoms with Gasteiger partial charge in [-0.15, -0.1) is 11.8 Å². The molecule has 0 bridgehead atoms. The molecule has 1 aliphatic heterocycles. The first-order valence-electron chi connectivity index (χ1n) is 9.62. The van der Waals surface area contributed by atoms with Crippen molar-refractivity contribution in [2.75, 3.05) is 11.5 Å². The van der Waals surface area contributed by atoms with Crippen LogP contribution in [0, 0.1) is 6.92 Å². The number of amides is 2. The SMILES string of the molecule is CCCOc1ccc(C2=C(SC(C)C)C(=O)N(c3ccc(Cl)cc3C)C2=O)cc1. The molecule has 3 rings (SSSR count). The predicted octanol–water partition coefficient (Wildman–Crippen LogP) is 5.86. The summed E-state index contributed by atoms with van der Waals surface area (Å²) in [6.07, 6.45) is 0.921. The van der Waals surface area contributed by atoms with Gasteiger partial charge in [-0.3, -0.25) is 9.59 Å². The Labute approximate surface area is 180 Å². The van der Waals surface area contributed by atoms with Crippen LogP contribution < -0.4 is 9.64 Å². The Bertz CT molecular complexity index is 967. The molecule has 0 N–H and O–H groups in total. The number of carbonyl (C=O) groups is 2. The number of carbonyl (C=O) groups excluding carboxylic acids is 2. The van der Waals surface area contributed by atoms with Crippen molar-refractivity contribution >= 4 is 46.4 Å². The first-order valence-corrected chi connectivity index (χ1v) is 10.9. The number of hydrogen-bond acceptors (Lipinski definition) is 4. The summed E-state index contributed by atoms with van der Waals surface area (Å²) in [6, 6.07) is 12.5. The molecule has 0 radical (unpaired) electrons. The lowest BCUT2D eigenvalue weighted by molar-refractivity contribution is -0.119. The summed E-state index contributed by atoms with van der Waals surface area (Å²) in [7, 11) is 0. The highest BCUT2D eigenvalue weighted by atomic mass is 35.5. The monoisotopic (exact) mass is 429 g/mol. The van der Waals surface area contributed by atoms with Crippen molar-refractivity contribution < 1.29 is 14.3 Å². The van der Waals surface area contributed by atoms with E-state index < -0.39 is 0 Å². The van der Waals surface area contributed by atoms with Crippen molar-refractivity contribution in [2.24, 2.45) is 0 Å². The van der Waals surface area contributed by atoms with Gasteiger partial charge < -0.3 is 4.74 Å². The smallest absolute Gasteiger partial charge is 0.272 e. The van der Waals surface area contributed by atoms with Crippen LogP contribution in [0.4, 0.5) is 5.69 Å². The summed E-state index contributed by atoms with van der Waals surface area (Å²) in [4.78, 5) is 28.4. The summed E-state index contributed by atoms with van der Waals surface area (Å²) in [5, 5.41) is 0.730. The highest BCUT2D eigenvalue weighted by Gasteiger charge is 2.41. The van der Waals surface area contributed by atoms with E-state index in [9.17, 15) is 9.59 Å². The third-order valence-corrected chi connectivity index (χ3v) is 5.73. The topological polar surface area (TPSA) is 46.6 Å². The minimum Gasteiger partial charge on any atom is -0.494 e. The molecule has 0 aromatic heterocycles. The van der Waals surface area contributed by atoms with Crippen LogP contribution in [-0.2, 0) is 9.59 Å². The molecule has 0 spiro atoms. The molecule has 1 aliphatic rings. The average molecular weight is 430 g/mol. The minimum atomic E-state index is -0.314. The summed E-state index contributed by atoms with van der Waals surface area (Å²) in [6.45, 7) is 8.53. The molecule has 0 unspecified atom stereocenters. The van der Waals surface area contributed by atoms with Crippen molar-refractivity contribution in [3.05, 3.63) is 63.5 Å². The lowest BCUT2D eigenvalue weighted by Gasteiger charge is -2.18. The Kier molecular flexibility index (Phi) is 6.70. The van der Waals surface area contributed by atoms with Gasteiger partial charge in [-0.1, -0.05) is 44.5 Å². The first kappa shape index (κ1) is 21.5. The Hall–Kier alpha value is -2.24. The molecule has 0 fully saturated rings. The Morgan fingerprint density at radius 2 is 1.76 bits per heavy atom. The number of halogens is 1. The molecule has 0 saturated carbocycles. The molecule has 2 aromatic carbocycles. The van der Waals surface area contributed by atoms with Crippen molar-refractivity contribution in [2.45, 2.75) is 39.4 Å². The number of imide groups is 1. The summed E-state index contributed by atoms with van der Waals surface area (Å²) in [5.74, 6) is 0.141. The second-order valence-electron chi connectivity index (χ2n) is 7.12. The molecule has 2 amide bonds. The summed E-state index contributed by atoms with van der Waals surface area (Å²) in [5.41, 5.74) is 2.48. The number of ether oxygens (including phenoxy) is 1. The number of hydrogen-bond donors (Lipinski definition) is 0. The number of benzene rings is 2. The van der Waals surface area contributed by atoms with Crippen LogP contribution in [0.5, 0.6) is 5.75 Å². The average Bonchev–Trinajstić information content (AvgIpc) is 2.90. The quantitative estimate of drug-likeness (QED) is 0.517. The van der Waals surface area contributed by atoms with Crippen LogP contribution in [0.25, 0.3) is 5.57 Å². The fraction of sp³-hybridized carbons (Fsp3) is 0.304. The second-order valence-corrected chi connectivity index (χ2v) is 9.14. The zero-order valence-corrected chi connectivity index (χ0v) is 18.6. The zero-order chi connectivity index (χ0) is 21.1. The number of aryl methyl sites for hydroxylation is 1. The van der Waals surface area contributed by atoms with Gasteiger partial charge in [0.2, 0.25) is 0 Å². The second kappa shape index (κ2) is 9.06. The van der Waals surface area contributed by atoms with Gasteiger partial charge in [-0.25, -0.2) is 4.90 Å². The Morgan fingerprint density at radius 3 is 2.34 bits per heavy atom. The van der Waals surface area contributed by atoms with E-state index in [2.05, 4.69) is 0 Å². The maximum Gasteiger partial charge on any atom is 0.272 e. The fourth-order valence-electron chi connectivity index (χ4n) is 3.14. The van der Waals surface area contributed by atoms with E-state index in [1.807, 2.05) is 52.0 Å². The minimum absolute atomic E-state index is 0.162. The molecule has 2 aromatic rings. The Balaban J connectivity index is 2.03. The van der Waals surface area contributed by atoms with Crippen molar-refractivity contribution in [1.82, 2.24) is 0 Å². The van der Waals surface area contributed by atoms with Crippen LogP contribution in [-0.4, -0.2) is 23.7 Å². The van der Waals surface area contributed by atoms with Gasteiger partial charge >= 0.3 is 0 Å². The van der Waals surface area contributed by atoms with Gasteiger partial charge in [0, 0.05) is 10.3 Å². The molecule has 29 heavy (non-hydrogen) atoms.